The summed E-state index contributed by atoms with van der Waals surface area (Å²) < 4.78 is 1.80. The minimum Gasteiger partial charge on any atom is -0.477 e. The van der Waals surface area contributed by atoms with Crippen molar-refractivity contribution in [1.29, 1.82) is 0 Å². The van der Waals surface area contributed by atoms with E-state index >= 15 is 0 Å². The summed E-state index contributed by atoms with van der Waals surface area (Å²) in [5.41, 5.74) is 1.72. The van der Waals surface area contributed by atoms with E-state index in [0.29, 0.717) is 34.7 Å². The average Bonchev–Trinajstić information content (AvgIpc) is 2.63. The van der Waals surface area contributed by atoms with Crippen LogP contribution in [0, 0.1) is 5.92 Å². The molecular weight excluding hydrogens is 376 g/mol. The molecule has 0 saturated carbocycles. The minimum atomic E-state index is -1.22. The van der Waals surface area contributed by atoms with Gasteiger partial charge in [-0.2, -0.15) is 0 Å². The van der Waals surface area contributed by atoms with Crippen LogP contribution in [0.4, 0.5) is 5.69 Å². The highest BCUT2D eigenvalue weighted by atomic mass is 35.5. The number of nitrogens with zero attached hydrogens (tertiary/aromatic N) is 2. The van der Waals surface area contributed by atoms with E-state index in [1.165, 1.54) is 6.20 Å². The predicted molar refractivity (Wildman–Crippen MR) is 114 cm³/mol. The lowest BCUT2D eigenvalue weighted by atomic mass is 10.1. The number of benzene rings is 2. The molecule has 0 aliphatic heterocycles. The Kier molecular flexibility index (Phi) is 5.75. The highest BCUT2D eigenvalue weighted by Crippen LogP contribution is 2.31. The van der Waals surface area contributed by atoms with E-state index in [4.69, 9.17) is 11.6 Å². The Balaban J connectivity index is 2.16. The molecule has 0 aliphatic rings. The molecule has 28 heavy (non-hydrogen) atoms. The third-order valence-electron chi connectivity index (χ3n) is 4.61. The zero-order valence-electron chi connectivity index (χ0n) is 16.1. The molecule has 0 unspecified atom stereocenters. The quantitative estimate of drug-likeness (QED) is 0.656. The molecule has 0 spiro atoms. The maximum Gasteiger partial charge on any atom is 0.341 e. The molecule has 1 N–H and O–H groups in total. The first-order valence-electron chi connectivity index (χ1n) is 9.13. The van der Waals surface area contributed by atoms with E-state index in [2.05, 4.69) is 0 Å². The first-order chi connectivity index (χ1) is 13.3. The molecule has 0 radical (unpaired) electrons. The van der Waals surface area contributed by atoms with Crippen molar-refractivity contribution in [2.45, 2.75) is 26.9 Å². The summed E-state index contributed by atoms with van der Waals surface area (Å²) in [6.45, 7) is 5.28. The lowest BCUT2D eigenvalue weighted by molar-refractivity contribution is 0.0694. The number of fused-ring (bicyclic) bond motifs is 1. The fourth-order valence-electron chi connectivity index (χ4n) is 3.33. The second kappa shape index (κ2) is 8.07. The molecule has 0 bridgehead atoms. The van der Waals surface area contributed by atoms with Crippen LogP contribution in [-0.2, 0) is 13.1 Å². The number of carboxylic acid groups (broad SMARTS) is 1. The van der Waals surface area contributed by atoms with E-state index in [9.17, 15) is 14.7 Å². The third kappa shape index (κ3) is 4.04. The highest BCUT2D eigenvalue weighted by Gasteiger charge is 2.18. The average molecular weight is 399 g/mol. The van der Waals surface area contributed by atoms with Gasteiger partial charge in [0.1, 0.15) is 5.56 Å². The van der Waals surface area contributed by atoms with Gasteiger partial charge in [-0.1, -0.05) is 55.8 Å². The van der Waals surface area contributed by atoms with Crippen LogP contribution in [0.5, 0.6) is 0 Å². The fraction of sp³-hybridized carbons (Fsp3) is 0.273. The van der Waals surface area contributed by atoms with E-state index in [1.54, 1.807) is 16.7 Å². The molecule has 1 aromatic heterocycles. The molecule has 6 heteroatoms. The Bertz CT molecular complexity index is 1070. The van der Waals surface area contributed by atoms with E-state index < -0.39 is 11.4 Å². The van der Waals surface area contributed by atoms with Crippen molar-refractivity contribution in [1.82, 2.24) is 4.57 Å². The van der Waals surface area contributed by atoms with Crippen LogP contribution in [-0.4, -0.2) is 22.7 Å². The number of aromatic nitrogens is 1. The van der Waals surface area contributed by atoms with Gasteiger partial charge >= 0.3 is 5.97 Å². The lowest BCUT2D eigenvalue weighted by Gasteiger charge is -2.22. The maximum absolute atomic E-state index is 12.8. The Hall–Kier alpha value is -2.79. The van der Waals surface area contributed by atoms with Crippen molar-refractivity contribution in [3.05, 3.63) is 75.0 Å². The summed E-state index contributed by atoms with van der Waals surface area (Å²) in [5, 5.41) is 10.3. The Morgan fingerprint density at radius 3 is 2.50 bits per heavy atom. The van der Waals surface area contributed by atoms with Gasteiger partial charge in [-0.25, -0.2) is 4.79 Å². The Morgan fingerprint density at radius 2 is 1.89 bits per heavy atom. The van der Waals surface area contributed by atoms with Gasteiger partial charge in [0.05, 0.1) is 16.2 Å². The normalized spacial score (nSPS) is 11.2. The second-order valence-corrected chi connectivity index (χ2v) is 7.79. The summed E-state index contributed by atoms with van der Waals surface area (Å²) >= 11 is 6.55. The molecule has 0 atom stereocenters. The predicted octanol–water partition coefficient (Wildman–Crippen LogP) is 4.65. The number of anilines is 1. The van der Waals surface area contributed by atoms with Crippen LogP contribution in [0.15, 0.2) is 53.5 Å². The van der Waals surface area contributed by atoms with Gasteiger partial charge in [-0.05, 0) is 23.6 Å². The minimum absolute atomic E-state index is 0.230. The summed E-state index contributed by atoms with van der Waals surface area (Å²) in [4.78, 5) is 26.3. The van der Waals surface area contributed by atoms with Crippen molar-refractivity contribution in [3.8, 4) is 0 Å². The molecule has 0 aliphatic carbocycles. The second-order valence-electron chi connectivity index (χ2n) is 7.39. The standard InChI is InChI=1S/C22H23ClN2O3/c1-14(2)11-25-13-17(22(27)28)21(26)16-9-20(18(23)10-19(16)25)24(3)12-15-7-5-4-6-8-15/h4-10,13-14H,11-12H2,1-3H3,(H,27,28). The van der Waals surface area contributed by atoms with Crippen LogP contribution in [0.2, 0.25) is 5.02 Å². The number of rotatable bonds is 6. The van der Waals surface area contributed by atoms with E-state index in [1.807, 2.05) is 56.1 Å². The van der Waals surface area contributed by atoms with Crippen LogP contribution in [0.3, 0.4) is 0 Å². The molecule has 3 aromatic rings. The Labute approximate surface area is 168 Å². The molecule has 0 fully saturated rings. The SMILES string of the molecule is CC(C)Cn1cc(C(=O)O)c(=O)c2cc(N(C)Cc3ccccc3)c(Cl)cc21. The van der Waals surface area contributed by atoms with Crippen LogP contribution in [0.25, 0.3) is 10.9 Å². The number of hydrogen-bond donors (Lipinski definition) is 1. The zero-order chi connectivity index (χ0) is 20.4. The molecule has 0 amide bonds. The van der Waals surface area contributed by atoms with Crippen LogP contribution < -0.4 is 10.3 Å². The van der Waals surface area contributed by atoms with Crippen LogP contribution >= 0.6 is 11.6 Å². The van der Waals surface area contributed by atoms with Crippen molar-refractivity contribution in [2.24, 2.45) is 5.92 Å². The van der Waals surface area contributed by atoms with Gasteiger partial charge in [0, 0.05) is 31.7 Å². The summed E-state index contributed by atoms with van der Waals surface area (Å²) in [5.74, 6) is -0.940. The van der Waals surface area contributed by atoms with Gasteiger partial charge in [-0.3, -0.25) is 4.79 Å². The number of carbonyl (C=O) groups is 1. The zero-order valence-corrected chi connectivity index (χ0v) is 16.9. The maximum atomic E-state index is 12.8. The van der Waals surface area contributed by atoms with Gasteiger partial charge in [0.15, 0.2) is 0 Å². The number of hydrogen-bond acceptors (Lipinski definition) is 3. The largest absolute Gasteiger partial charge is 0.477 e. The lowest BCUT2D eigenvalue weighted by Crippen LogP contribution is -2.21. The molecular formula is C22H23ClN2O3. The van der Waals surface area contributed by atoms with Gasteiger partial charge in [0.25, 0.3) is 0 Å². The van der Waals surface area contributed by atoms with Crippen molar-refractivity contribution < 1.29 is 9.90 Å². The first kappa shape index (κ1) is 20.0. The summed E-state index contributed by atoms with van der Waals surface area (Å²) in [6, 6.07) is 13.4. The Morgan fingerprint density at radius 1 is 1.21 bits per heavy atom. The molecule has 1 heterocycles. The highest BCUT2D eigenvalue weighted by molar-refractivity contribution is 6.34. The summed E-state index contributed by atoms with van der Waals surface area (Å²) in [6.07, 6.45) is 1.41. The smallest absolute Gasteiger partial charge is 0.341 e. The van der Waals surface area contributed by atoms with Crippen LogP contribution in [0.1, 0.15) is 29.8 Å². The van der Waals surface area contributed by atoms with E-state index in [-0.39, 0.29) is 11.5 Å². The number of pyridine rings is 1. The molecule has 0 saturated heterocycles. The number of halogens is 1. The van der Waals surface area contributed by atoms with Crippen molar-refractivity contribution in [2.75, 3.05) is 11.9 Å². The van der Waals surface area contributed by atoms with Gasteiger partial charge in [0.2, 0.25) is 5.43 Å². The number of aromatic carboxylic acids is 1. The van der Waals surface area contributed by atoms with Gasteiger partial charge in [-0.15, -0.1) is 0 Å². The molecule has 5 nitrogen and oxygen atoms in total. The molecule has 2 aromatic carbocycles. The first-order valence-corrected chi connectivity index (χ1v) is 9.50. The van der Waals surface area contributed by atoms with Crippen molar-refractivity contribution >= 4 is 34.2 Å². The van der Waals surface area contributed by atoms with E-state index in [0.717, 1.165) is 5.56 Å². The fourth-order valence-corrected chi connectivity index (χ4v) is 3.63. The number of carboxylic acids is 1. The van der Waals surface area contributed by atoms with Gasteiger partial charge < -0.3 is 14.6 Å². The molecule has 146 valence electrons. The topological polar surface area (TPSA) is 62.5 Å². The third-order valence-corrected chi connectivity index (χ3v) is 4.92. The molecule has 3 rings (SSSR count). The van der Waals surface area contributed by atoms with Crippen molar-refractivity contribution in [3.63, 3.8) is 0 Å². The monoisotopic (exact) mass is 398 g/mol. The summed E-state index contributed by atoms with van der Waals surface area (Å²) in [7, 11) is 1.90.